The fraction of sp³-hybridized carbons (Fsp3) is 0.593. The molecular formula is C27H35NO17. The van der Waals surface area contributed by atoms with E-state index in [1.165, 1.54) is 0 Å². The number of carboxylic acids is 6. The molecule has 0 rings (SSSR count). The largest absolute Gasteiger partial charge is 0.481 e. The number of hydrogen-bond donors (Lipinski definition) is 7. The molecule has 0 spiro atoms. The summed E-state index contributed by atoms with van der Waals surface area (Å²) in [6.07, 6.45) is -8.50. The van der Waals surface area contributed by atoms with Gasteiger partial charge in [0.1, 0.15) is 12.2 Å². The minimum Gasteiger partial charge on any atom is -0.481 e. The normalized spacial score (nSPS) is 13.3. The summed E-state index contributed by atoms with van der Waals surface area (Å²) in [7, 11) is 0. The van der Waals surface area contributed by atoms with Crippen LogP contribution in [0.5, 0.6) is 0 Å². The van der Waals surface area contributed by atoms with Crippen LogP contribution in [0.15, 0.2) is 0 Å². The van der Waals surface area contributed by atoms with Crippen molar-refractivity contribution in [1.82, 2.24) is 5.32 Å². The van der Waals surface area contributed by atoms with Crippen LogP contribution >= 0.6 is 0 Å². The molecule has 0 radical (unpaired) electrons. The van der Waals surface area contributed by atoms with Gasteiger partial charge in [-0.25, -0.2) is 0 Å². The van der Waals surface area contributed by atoms with Gasteiger partial charge in [-0.05, 0) is 32.1 Å². The quantitative estimate of drug-likeness (QED) is 0.0598. The number of carboxylic acid groups (broad SMARTS) is 6. The Morgan fingerprint density at radius 1 is 0.422 bits per heavy atom. The van der Waals surface area contributed by atoms with Crippen LogP contribution in [-0.2, 0) is 52.7 Å². The Balaban J connectivity index is 6.52. The average Bonchev–Trinajstić information content (AvgIpc) is 2.89. The molecule has 0 aliphatic heterocycles. The number of amides is 1. The van der Waals surface area contributed by atoms with Crippen molar-refractivity contribution < 1.29 is 83.4 Å². The molecule has 18 heteroatoms. The van der Waals surface area contributed by atoms with Crippen molar-refractivity contribution in [3.8, 4) is 0 Å². The van der Waals surface area contributed by atoms with E-state index >= 15 is 0 Å². The molecule has 4 unspecified atom stereocenters. The van der Waals surface area contributed by atoms with Gasteiger partial charge in [0, 0.05) is 38.5 Å². The Morgan fingerprint density at radius 2 is 0.822 bits per heavy atom. The van der Waals surface area contributed by atoms with E-state index in [2.05, 4.69) is 5.32 Å². The summed E-state index contributed by atoms with van der Waals surface area (Å²) in [6.45, 7) is 0. The van der Waals surface area contributed by atoms with E-state index in [1.54, 1.807) is 0 Å². The number of carbonyl (C=O) groups excluding carboxylic acids is 5. The Bertz CT molecular complexity index is 1190. The monoisotopic (exact) mass is 645 g/mol. The second kappa shape index (κ2) is 20.0. The second-order valence-electron chi connectivity index (χ2n) is 10.0. The minimum absolute atomic E-state index is 0.245. The molecule has 0 aromatic heterocycles. The van der Waals surface area contributed by atoms with Crippen molar-refractivity contribution in [2.75, 3.05) is 0 Å². The number of nitrogens with one attached hydrogen (secondary N) is 1. The molecule has 4 atom stereocenters. The standard InChI is InChI=1S/C27H35NO17/c29-17(2-1-3-19(31)32)13(4-8-20(33)34)25(43)15(6-10-22(37)38)27(45)28-16(7-11-23(39)40)26(44)14(5-9-21(35)36)18(30)12-24(41)42/h13-16H,1-12H2,(H,28,45)(H,31,32)(H,33,34)(H,35,36)(H,37,38)(H,39,40)(H,41,42). The molecular weight excluding hydrogens is 610 g/mol. The molecule has 0 heterocycles. The highest BCUT2D eigenvalue weighted by atomic mass is 16.4. The second-order valence-corrected chi connectivity index (χ2v) is 10.0. The van der Waals surface area contributed by atoms with Gasteiger partial charge >= 0.3 is 35.8 Å². The number of carbonyl (C=O) groups is 11. The first kappa shape index (κ1) is 40.0. The number of aliphatic carboxylic acids is 6. The first-order valence-electron chi connectivity index (χ1n) is 13.6. The summed E-state index contributed by atoms with van der Waals surface area (Å²) in [4.78, 5) is 132. The third-order valence-corrected chi connectivity index (χ3v) is 6.51. The molecule has 250 valence electrons. The summed E-state index contributed by atoms with van der Waals surface area (Å²) < 4.78 is 0. The first-order chi connectivity index (χ1) is 20.9. The SMILES string of the molecule is O=C(O)CCCC(=O)C(CCC(=O)O)C(=O)C(CCC(=O)O)C(=O)NC(CCC(=O)O)C(=O)C(CCC(=O)O)C(=O)CC(=O)O. The van der Waals surface area contributed by atoms with Gasteiger partial charge in [0.05, 0.1) is 23.8 Å². The molecule has 0 bridgehead atoms. The molecule has 45 heavy (non-hydrogen) atoms. The van der Waals surface area contributed by atoms with E-state index in [1.807, 2.05) is 0 Å². The highest BCUT2D eigenvalue weighted by Crippen LogP contribution is 2.23. The van der Waals surface area contributed by atoms with Gasteiger partial charge in [-0.3, -0.25) is 52.7 Å². The van der Waals surface area contributed by atoms with Crippen LogP contribution in [0.3, 0.4) is 0 Å². The maximum absolute atomic E-state index is 13.5. The molecule has 0 aliphatic rings. The predicted octanol–water partition coefficient (Wildman–Crippen LogP) is -0.215. The lowest BCUT2D eigenvalue weighted by atomic mass is 9.81. The van der Waals surface area contributed by atoms with Crippen LogP contribution in [0, 0.1) is 17.8 Å². The number of Topliss-reactive ketones (excluding diaryl/α,β-unsaturated/α-hetero) is 4. The minimum atomic E-state index is -2.02. The fourth-order valence-corrected chi connectivity index (χ4v) is 4.30. The Hall–Kier alpha value is -5.03. The van der Waals surface area contributed by atoms with Gasteiger partial charge in [0.25, 0.3) is 0 Å². The highest BCUT2D eigenvalue weighted by molar-refractivity contribution is 6.13. The summed E-state index contributed by atoms with van der Waals surface area (Å²) >= 11 is 0. The van der Waals surface area contributed by atoms with Crippen LogP contribution in [0.1, 0.15) is 77.0 Å². The van der Waals surface area contributed by atoms with Gasteiger partial charge < -0.3 is 36.0 Å². The number of ketones is 4. The van der Waals surface area contributed by atoms with Crippen LogP contribution in [-0.4, -0.2) is 102 Å². The Labute approximate surface area is 254 Å². The fourth-order valence-electron chi connectivity index (χ4n) is 4.30. The van der Waals surface area contributed by atoms with Crippen molar-refractivity contribution in [2.24, 2.45) is 17.8 Å². The maximum atomic E-state index is 13.5. The smallest absolute Gasteiger partial charge is 0.310 e. The van der Waals surface area contributed by atoms with Crippen molar-refractivity contribution in [1.29, 1.82) is 0 Å². The zero-order valence-corrected chi connectivity index (χ0v) is 24.0. The number of hydrogen-bond acceptors (Lipinski definition) is 11. The summed E-state index contributed by atoms with van der Waals surface area (Å²) in [5.41, 5.74) is 0. The molecule has 0 saturated carbocycles. The molecule has 7 N–H and O–H groups in total. The van der Waals surface area contributed by atoms with Crippen molar-refractivity contribution in [3.05, 3.63) is 0 Å². The van der Waals surface area contributed by atoms with E-state index in [0.29, 0.717) is 0 Å². The highest BCUT2D eigenvalue weighted by Gasteiger charge is 2.39. The van der Waals surface area contributed by atoms with E-state index in [-0.39, 0.29) is 6.42 Å². The third-order valence-electron chi connectivity index (χ3n) is 6.51. The van der Waals surface area contributed by atoms with Crippen molar-refractivity contribution in [3.63, 3.8) is 0 Å². The van der Waals surface area contributed by atoms with Gasteiger partial charge in [-0.2, -0.15) is 0 Å². The van der Waals surface area contributed by atoms with E-state index < -0.39 is 159 Å². The van der Waals surface area contributed by atoms with Crippen molar-refractivity contribution in [2.45, 2.75) is 83.1 Å². The zero-order chi connectivity index (χ0) is 34.9. The molecule has 0 fully saturated rings. The van der Waals surface area contributed by atoms with Crippen LogP contribution in [0.4, 0.5) is 0 Å². The average molecular weight is 646 g/mol. The molecule has 0 saturated heterocycles. The van der Waals surface area contributed by atoms with Gasteiger partial charge in [-0.15, -0.1) is 0 Å². The summed E-state index contributed by atoms with van der Waals surface area (Å²) in [6, 6.07) is -1.91. The first-order valence-corrected chi connectivity index (χ1v) is 13.6. The van der Waals surface area contributed by atoms with Gasteiger partial charge in [0.15, 0.2) is 17.3 Å². The Kier molecular flexibility index (Phi) is 17.8. The van der Waals surface area contributed by atoms with Crippen molar-refractivity contribution >= 4 is 64.9 Å². The molecule has 18 nitrogen and oxygen atoms in total. The van der Waals surface area contributed by atoms with Crippen LogP contribution in [0.25, 0.3) is 0 Å². The van der Waals surface area contributed by atoms with E-state index in [9.17, 15) is 52.7 Å². The topological polar surface area (TPSA) is 321 Å². The predicted molar refractivity (Wildman–Crippen MR) is 144 cm³/mol. The van der Waals surface area contributed by atoms with Gasteiger partial charge in [-0.1, -0.05) is 0 Å². The van der Waals surface area contributed by atoms with E-state index in [0.717, 1.165) is 0 Å². The van der Waals surface area contributed by atoms with Gasteiger partial charge in [0.2, 0.25) is 5.91 Å². The lowest BCUT2D eigenvalue weighted by Gasteiger charge is -2.25. The third kappa shape index (κ3) is 16.4. The molecule has 0 aromatic rings. The molecule has 0 aliphatic carbocycles. The molecule has 0 aromatic carbocycles. The molecule has 1 amide bonds. The Morgan fingerprint density at radius 3 is 1.24 bits per heavy atom. The zero-order valence-electron chi connectivity index (χ0n) is 24.0. The van der Waals surface area contributed by atoms with Crippen LogP contribution < -0.4 is 5.32 Å². The summed E-state index contributed by atoms with van der Waals surface area (Å²) in [5.74, 6) is -20.7. The maximum Gasteiger partial charge on any atom is 0.310 e. The van der Waals surface area contributed by atoms with E-state index in [4.69, 9.17) is 30.6 Å². The lowest BCUT2D eigenvalue weighted by Crippen LogP contribution is -2.50. The lowest BCUT2D eigenvalue weighted by molar-refractivity contribution is -0.147. The van der Waals surface area contributed by atoms with Crippen LogP contribution in [0.2, 0.25) is 0 Å². The summed E-state index contributed by atoms with van der Waals surface area (Å²) in [5, 5.41) is 56.2. The number of rotatable bonds is 26.